The van der Waals surface area contributed by atoms with Gasteiger partial charge in [0.25, 0.3) is 5.91 Å². The van der Waals surface area contributed by atoms with Crippen LogP contribution < -0.4 is 5.32 Å². The summed E-state index contributed by atoms with van der Waals surface area (Å²) in [6.45, 7) is 3.35. The smallest absolute Gasteiger partial charge is 0.251 e. The van der Waals surface area contributed by atoms with E-state index in [-0.39, 0.29) is 5.91 Å². The largest absolute Gasteiger partial charge is 0.348 e. The van der Waals surface area contributed by atoms with Gasteiger partial charge in [-0.1, -0.05) is 11.6 Å². The van der Waals surface area contributed by atoms with E-state index in [9.17, 15) is 4.79 Å². The van der Waals surface area contributed by atoms with Crippen LogP contribution in [0.4, 0.5) is 0 Å². The molecule has 0 atom stereocenters. The summed E-state index contributed by atoms with van der Waals surface area (Å²) in [5.41, 5.74) is 0.609. The van der Waals surface area contributed by atoms with Crippen molar-refractivity contribution in [3.05, 3.63) is 41.4 Å². The maximum absolute atomic E-state index is 11.2. The predicted octanol–water partition coefficient (Wildman–Crippen LogP) is 2.25. The highest BCUT2D eigenvalue weighted by Crippen LogP contribution is 2.09. The van der Waals surface area contributed by atoms with Crippen LogP contribution in [0.5, 0.6) is 0 Å². The zero-order chi connectivity index (χ0) is 8.97. The number of hydrogen-bond donors (Lipinski definition) is 1. The van der Waals surface area contributed by atoms with Crippen LogP contribution in [0.15, 0.2) is 24.3 Å². The molecule has 0 saturated heterocycles. The molecule has 0 aliphatic carbocycles. The zero-order valence-electron chi connectivity index (χ0n) is 6.67. The molecule has 2 nitrogen and oxygen atoms in total. The molecule has 1 aromatic rings. The minimum absolute atomic E-state index is 0.117. The Labute approximate surface area is 76.5 Å². The Morgan fingerprint density at radius 3 is 2.50 bits per heavy atom. The molecule has 0 fully saturated rings. The molecule has 0 aromatic heterocycles. The van der Waals surface area contributed by atoms with Gasteiger partial charge in [0.2, 0.25) is 0 Å². The van der Waals surface area contributed by atoms with Gasteiger partial charge < -0.3 is 5.32 Å². The molecule has 0 aliphatic heterocycles. The molecule has 0 aliphatic rings. The number of nitrogens with one attached hydrogen (secondary N) is 1. The van der Waals surface area contributed by atoms with Gasteiger partial charge in [-0.25, -0.2) is 0 Å². The number of carbonyl (C=O) groups is 1. The van der Waals surface area contributed by atoms with Crippen LogP contribution in [0.1, 0.15) is 17.3 Å². The average Bonchev–Trinajstić information content (AvgIpc) is 2.06. The number of halogens is 1. The van der Waals surface area contributed by atoms with Crippen molar-refractivity contribution in [2.75, 3.05) is 0 Å². The molecule has 1 rings (SSSR count). The molecule has 0 spiro atoms. The number of carbonyl (C=O) groups excluding carboxylic acids is 1. The van der Waals surface area contributed by atoms with E-state index in [0.29, 0.717) is 10.6 Å². The molecule has 3 heteroatoms. The molecule has 0 bridgehead atoms. The second-order valence-corrected chi connectivity index (χ2v) is 2.71. The molecule has 63 valence electrons. The highest BCUT2D eigenvalue weighted by atomic mass is 35.5. The van der Waals surface area contributed by atoms with Crippen molar-refractivity contribution < 1.29 is 4.79 Å². The lowest BCUT2D eigenvalue weighted by Crippen LogP contribution is -2.18. The van der Waals surface area contributed by atoms with Gasteiger partial charge in [0.05, 0.1) is 0 Å². The Balaban J connectivity index is 2.75. The van der Waals surface area contributed by atoms with Gasteiger partial charge in [-0.05, 0) is 31.2 Å². The van der Waals surface area contributed by atoms with E-state index < -0.39 is 0 Å². The van der Waals surface area contributed by atoms with E-state index in [1.807, 2.05) is 0 Å². The lowest BCUT2D eigenvalue weighted by Gasteiger charge is -2.00. The van der Waals surface area contributed by atoms with E-state index in [1.54, 1.807) is 37.7 Å². The first-order chi connectivity index (χ1) is 5.74. The summed E-state index contributed by atoms with van der Waals surface area (Å²) in [7, 11) is 0. The van der Waals surface area contributed by atoms with Gasteiger partial charge in [-0.2, -0.15) is 0 Å². The van der Waals surface area contributed by atoms with E-state index in [2.05, 4.69) is 5.32 Å². The molecule has 1 aromatic carbocycles. The van der Waals surface area contributed by atoms with E-state index in [0.717, 1.165) is 0 Å². The Hall–Kier alpha value is -1.02. The predicted molar refractivity (Wildman–Crippen MR) is 48.9 cm³/mol. The van der Waals surface area contributed by atoms with Crippen LogP contribution >= 0.6 is 11.6 Å². The quantitative estimate of drug-likeness (QED) is 0.747. The van der Waals surface area contributed by atoms with Crippen molar-refractivity contribution in [3.63, 3.8) is 0 Å². The first-order valence-electron chi connectivity index (χ1n) is 3.58. The molecular weight excluding hydrogens is 174 g/mol. The van der Waals surface area contributed by atoms with Crippen LogP contribution in [0.3, 0.4) is 0 Å². The molecule has 1 amide bonds. The monoisotopic (exact) mass is 182 g/mol. The summed E-state index contributed by atoms with van der Waals surface area (Å²) in [6.07, 6.45) is 0. The summed E-state index contributed by atoms with van der Waals surface area (Å²) in [6, 6.07) is 6.74. The fraction of sp³-hybridized carbons (Fsp3) is 0.111. The highest BCUT2D eigenvalue weighted by molar-refractivity contribution is 6.30. The van der Waals surface area contributed by atoms with Gasteiger partial charge >= 0.3 is 0 Å². The number of benzene rings is 1. The lowest BCUT2D eigenvalue weighted by atomic mass is 10.2. The minimum Gasteiger partial charge on any atom is -0.348 e. The third kappa shape index (κ3) is 2.24. The second kappa shape index (κ2) is 4.12. The van der Waals surface area contributed by atoms with Crippen molar-refractivity contribution >= 4 is 17.5 Å². The zero-order valence-corrected chi connectivity index (χ0v) is 7.43. The van der Waals surface area contributed by atoms with E-state index >= 15 is 0 Å². The summed E-state index contributed by atoms with van der Waals surface area (Å²) >= 11 is 5.65. The van der Waals surface area contributed by atoms with Crippen molar-refractivity contribution in [1.82, 2.24) is 5.32 Å². The van der Waals surface area contributed by atoms with Gasteiger partial charge in [-0.15, -0.1) is 0 Å². The molecule has 0 saturated carbocycles. The third-order valence-electron chi connectivity index (χ3n) is 1.38. The Kier molecular flexibility index (Phi) is 3.11. The van der Waals surface area contributed by atoms with Crippen LogP contribution in [0, 0.1) is 6.54 Å². The molecule has 12 heavy (non-hydrogen) atoms. The van der Waals surface area contributed by atoms with Crippen LogP contribution in [-0.4, -0.2) is 5.91 Å². The van der Waals surface area contributed by atoms with Crippen LogP contribution in [-0.2, 0) is 0 Å². The van der Waals surface area contributed by atoms with E-state index in [1.165, 1.54) is 0 Å². The fourth-order valence-electron chi connectivity index (χ4n) is 0.816. The first-order valence-corrected chi connectivity index (χ1v) is 3.96. The Morgan fingerprint density at radius 2 is 2.00 bits per heavy atom. The summed E-state index contributed by atoms with van der Waals surface area (Å²) in [5.74, 6) is -0.117. The number of hydrogen-bond acceptors (Lipinski definition) is 1. The van der Waals surface area contributed by atoms with Gasteiger partial charge in [0.1, 0.15) is 0 Å². The minimum atomic E-state index is -0.117. The van der Waals surface area contributed by atoms with Crippen molar-refractivity contribution in [1.29, 1.82) is 0 Å². The van der Waals surface area contributed by atoms with Crippen molar-refractivity contribution in [3.8, 4) is 0 Å². The van der Waals surface area contributed by atoms with Crippen LogP contribution in [0.2, 0.25) is 5.02 Å². The van der Waals surface area contributed by atoms with Gasteiger partial charge in [0, 0.05) is 17.1 Å². The van der Waals surface area contributed by atoms with E-state index in [4.69, 9.17) is 11.6 Å². The maximum Gasteiger partial charge on any atom is 0.251 e. The average molecular weight is 183 g/mol. The second-order valence-electron chi connectivity index (χ2n) is 2.27. The molecule has 0 heterocycles. The third-order valence-corrected chi connectivity index (χ3v) is 1.63. The normalized spacial score (nSPS) is 9.50. The van der Waals surface area contributed by atoms with Crippen molar-refractivity contribution in [2.24, 2.45) is 0 Å². The molecule has 1 radical (unpaired) electrons. The summed E-state index contributed by atoms with van der Waals surface area (Å²) < 4.78 is 0. The maximum atomic E-state index is 11.2. The number of amides is 1. The van der Waals surface area contributed by atoms with Gasteiger partial charge in [0.15, 0.2) is 0 Å². The summed E-state index contributed by atoms with van der Waals surface area (Å²) in [5, 5.41) is 3.21. The SMILES string of the molecule is C[CH]NC(=O)c1ccc(Cl)cc1. The summed E-state index contributed by atoms with van der Waals surface area (Å²) in [4.78, 5) is 11.2. The van der Waals surface area contributed by atoms with Crippen LogP contribution in [0.25, 0.3) is 0 Å². The highest BCUT2D eigenvalue weighted by Gasteiger charge is 2.01. The lowest BCUT2D eigenvalue weighted by molar-refractivity contribution is 0.0964. The topological polar surface area (TPSA) is 29.1 Å². The van der Waals surface area contributed by atoms with Crippen molar-refractivity contribution in [2.45, 2.75) is 6.92 Å². The first kappa shape index (κ1) is 9.07. The molecule has 1 N–H and O–H groups in total. The standard InChI is InChI=1S/C9H9ClNO/c1-2-11-9(12)7-3-5-8(10)6-4-7/h2-6H,1H3,(H,11,12). The fourth-order valence-corrected chi connectivity index (χ4v) is 0.942. The van der Waals surface area contributed by atoms with Gasteiger partial charge in [-0.3, -0.25) is 4.79 Å². The molecular formula is C9H9ClNO. The number of rotatable bonds is 2. The molecule has 0 unspecified atom stereocenters. The Morgan fingerprint density at radius 1 is 1.42 bits per heavy atom. The Bertz CT molecular complexity index is 268.